The van der Waals surface area contributed by atoms with Gasteiger partial charge in [-0.3, -0.25) is 0 Å². The average molecular weight is 876 g/mol. The molecule has 63 heavy (non-hydrogen) atoms. The quantitative estimate of drug-likeness (QED) is 0.0863. The Hall–Kier alpha value is -4.56. The first-order valence-corrected chi connectivity index (χ1v) is 22.8. The first kappa shape index (κ1) is 46.4. The molecule has 1 N–H and O–H groups in total. The molecule has 0 bridgehead atoms. The summed E-state index contributed by atoms with van der Waals surface area (Å²) in [7, 11) is -1.77. The SMILES string of the molecule is CC(C)(C)[C@@H]1OC(=O)[C@@](c2ccccc2)([C@@H](N[S@@](=O)C(C)(C)C)[C@@H]2O[C@H](COCc3ccccc3)[C@@H](OCc3ccccc3)[C@H](OCc3ccccc3)[C@H]2OCc2ccccc2)O1. The van der Waals surface area contributed by atoms with Crippen LogP contribution in [0.3, 0.4) is 0 Å². The van der Waals surface area contributed by atoms with E-state index < -0.39 is 75.6 Å². The molecular weight excluding hydrogens is 815 g/mol. The van der Waals surface area contributed by atoms with Crippen LogP contribution in [0.2, 0.25) is 0 Å². The minimum Gasteiger partial charge on any atom is -0.433 e. The zero-order valence-corrected chi connectivity index (χ0v) is 37.9. The largest absolute Gasteiger partial charge is 0.433 e. The Labute approximate surface area is 375 Å². The molecule has 2 aliphatic heterocycles. The van der Waals surface area contributed by atoms with Crippen LogP contribution in [0.25, 0.3) is 0 Å². The molecule has 11 heteroatoms. The summed E-state index contributed by atoms with van der Waals surface area (Å²) in [6, 6.07) is 47.7. The normalized spacial score (nSPS) is 25.0. The first-order valence-electron chi connectivity index (χ1n) is 21.7. The molecule has 0 unspecified atom stereocenters. The van der Waals surface area contributed by atoms with Crippen molar-refractivity contribution in [3.05, 3.63) is 179 Å². The monoisotopic (exact) mass is 875 g/mol. The molecule has 5 aromatic carbocycles. The van der Waals surface area contributed by atoms with E-state index in [0.717, 1.165) is 22.3 Å². The molecule has 2 aliphatic rings. The summed E-state index contributed by atoms with van der Waals surface area (Å²) in [6.45, 7) is 12.5. The fourth-order valence-electron chi connectivity index (χ4n) is 7.80. The van der Waals surface area contributed by atoms with Gasteiger partial charge in [0, 0.05) is 5.41 Å². The molecule has 0 aliphatic carbocycles. The van der Waals surface area contributed by atoms with E-state index in [0.29, 0.717) is 12.2 Å². The summed E-state index contributed by atoms with van der Waals surface area (Å²) in [5.41, 5.74) is 1.84. The fraction of sp³-hybridized carbons (Fsp3) is 0.404. The Morgan fingerprint density at radius 1 is 0.603 bits per heavy atom. The average Bonchev–Trinajstić information content (AvgIpc) is 3.66. The van der Waals surface area contributed by atoms with Gasteiger partial charge >= 0.3 is 5.97 Å². The van der Waals surface area contributed by atoms with Crippen molar-refractivity contribution in [2.45, 2.75) is 121 Å². The van der Waals surface area contributed by atoms with Crippen molar-refractivity contribution in [1.82, 2.24) is 4.72 Å². The van der Waals surface area contributed by atoms with Crippen molar-refractivity contribution >= 4 is 17.0 Å². The number of cyclic esters (lactones) is 1. The Morgan fingerprint density at radius 2 is 1.03 bits per heavy atom. The molecule has 7 rings (SSSR count). The molecule has 2 saturated heterocycles. The summed E-state index contributed by atoms with van der Waals surface area (Å²) in [6.07, 6.45) is -5.33. The molecule has 0 aromatic heterocycles. The van der Waals surface area contributed by atoms with Crippen molar-refractivity contribution < 1.29 is 42.2 Å². The molecule has 0 saturated carbocycles. The van der Waals surface area contributed by atoms with E-state index in [2.05, 4.69) is 4.72 Å². The molecule has 0 radical (unpaired) electrons. The maximum absolute atomic E-state index is 15.0. The number of nitrogens with one attached hydrogen (secondary N) is 1. The number of benzene rings is 5. The predicted molar refractivity (Wildman–Crippen MR) is 243 cm³/mol. The van der Waals surface area contributed by atoms with E-state index in [1.807, 2.05) is 193 Å². The molecule has 9 atom stereocenters. The number of hydrogen-bond acceptors (Lipinski definition) is 9. The van der Waals surface area contributed by atoms with Gasteiger partial charge in [0.25, 0.3) is 0 Å². The van der Waals surface area contributed by atoms with Crippen LogP contribution < -0.4 is 4.72 Å². The topological polar surface area (TPSA) is 111 Å². The number of ether oxygens (including phenoxy) is 7. The molecular formula is C52H61NO9S. The Kier molecular flexibility index (Phi) is 15.4. The number of hydrogen-bond donors (Lipinski definition) is 1. The van der Waals surface area contributed by atoms with Crippen LogP contribution in [0, 0.1) is 5.41 Å². The van der Waals surface area contributed by atoms with Crippen LogP contribution in [0.5, 0.6) is 0 Å². The van der Waals surface area contributed by atoms with Crippen LogP contribution in [0.4, 0.5) is 0 Å². The van der Waals surface area contributed by atoms with Crippen molar-refractivity contribution in [2.24, 2.45) is 5.41 Å². The first-order chi connectivity index (χ1) is 30.3. The van der Waals surface area contributed by atoms with Crippen molar-refractivity contribution in [3.63, 3.8) is 0 Å². The zero-order chi connectivity index (χ0) is 44.5. The lowest BCUT2D eigenvalue weighted by Gasteiger charge is -2.51. The molecule has 334 valence electrons. The molecule has 5 aromatic rings. The lowest BCUT2D eigenvalue weighted by Crippen LogP contribution is -2.70. The van der Waals surface area contributed by atoms with Crippen molar-refractivity contribution in [3.8, 4) is 0 Å². The summed E-state index contributed by atoms with van der Waals surface area (Å²) in [5, 5.41) is 0. The molecule has 0 amide bonds. The molecule has 2 fully saturated rings. The van der Waals surface area contributed by atoms with E-state index in [9.17, 15) is 4.21 Å². The fourth-order valence-corrected chi connectivity index (χ4v) is 8.68. The lowest BCUT2D eigenvalue weighted by atomic mass is 9.79. The highest BCUT2D eigenvalue weighted by Crippen LogP contribution is 2.47. The van der Waals surface area contributed by atoms with Gasteiger partial charge < -0.3 is 33.2 Å². The summed E-state index contributed by atoms with van der Waals surface area (Å²) in [4.78, 5) is 15.0. The Balaban J connectivity index is 1.40. The Bertz CT molecular complexity index is 2190. The highest BCUT2D eigenvalue weighted by atomic mass is 32.2. The van der Waals surface area contributed by atoms with Gasteiger partial charge in [0.1, 0.15) is 30.5 Å². The Morgan fingerprint density at radius 3 is 1.48 bits per heavy atom. The van der Waals surface area contributed by atoms with Crippen molar-refractivity contribution in [2.75, 3.05) is 6.61 Å². The lowest BCUT2D eigenvalue weighted by molar-refractivity contribution is -0.285. The van der Waals surface area contributed by atoms with E-state index in [1.165, 1.54) is 0 Å². The van der Waals surface area contributed by atoms with Gasteiger partial charge in [-0.25, -0.2) is 13.7 Å². The third-order valence-corrected chi connectivity index (χ3v) is 12.8. The van der Waals surface area contributed by atoms with Gasteiger partial charge in [-0.1, -0.05) is 172 Å². The summed E-state index contributed by atoms with van der Waals surface area (Å²) >= 11 is 0. The maximum Gasteiger partial charge on any atom is 0.347 e. The maximum atomic E-state index is 15.0. The highest BCUT2D eigenvalue weighted by Gasteiger charge is 2.65. The number of esters is 1. The van der Waals surface area contributed by atoms with Crippen LogP contribution >= 0.6 is 0 Å². The van der Waals surface area contributed by atoms with Crippen molar-refractivity contribution in [1.29, 1.82) is 0 Å². The smallest absolute Gasteiger partial charge is 0.347 e. The minimum atomic E-state index is -1.86. The molecule has 0 spiro atoms. The van der Waals surface area contributed by atoms with Gasteiger partial charge in [-0.05, 0) is 48.6 Å². The van der Waals surface area contributed by atoms with E-state index in [1.54, 1.807) is 0 Å². The second-order valence-corrected chi connectivity index (χ2v) is 20.2. The second-order valence-electron chi connectivity index (χ2n) is 18.2. The van der Waals surface area contributed by atoms with E-state index in [-0.39, 0.29) is 26.4 Å². The van der Waals surface area contributed by atoms with E-state index >= 15 is 4.79 Å². The number of rotatable bonds is 18. The number of carbonyl (C=O) groups is 1. The highest BCUT2D eigenvalue weighted by molar-refractivity contribution is 7.84. The van der Waals surface area contributed by atoms with Gasteiger partial charge in [0.05, 0.1) is 54.8 Å². The second kappa shape index (κ2) is 21.0. The van der Waals surface area contributed by atoms with Crippen LogP contribution in [0.15, 0.2) is 152 Å². The molecule has 10 nitrogen and oxygen atoms in total. The van der Waals surface area contributed by atoms with Gasteiger partial charge in [-0.15, -0.1) is 0 Å². The van der Waals surface area contributed by atoms with Crippen LogP contribution in [-0.4, -0.2) is 64.4 Å². The summed E-state index contributed by atoms with van der Waals surface area (Å²) in [5.74, 6) is -0.636. The predicted octanol–water partition coefficient (Wildman–Crippen LogP) is 8.99. The third-order valence-electron chi connectivity index (χ3n) is 11.2. The third kappa shape index (κ3) is 11.6. The zero-order valence-electron chi connectivity index (χ0n) is 37.1. The van der Waals surface area contributed by atoms with Crippen LogP contribution in [0.1, 0.15) is 69.4 Å². The minimum absolute atomic E-state index is 0.0881. The van der Waals surface area contributed by atoms with Gasteiger partial charge in [0.2, 0.25) is 11.9 Å². The molecule has 2 heterocycles. The number of carbonyl (C=O) groups excluding carboxylic acids is 1. The van der Waals surface area contributed by atoms with E-state index in [4.69, 9.17) is 33.2 Å². The summed E-state index contributed by atoms with van der Waals surface area (Å²) < 4.78 is 65.5. The van der Waals surface area contributed by atoms with Gasteiger partial charge in [-0.2, -0.15) is 0 Å². The van der Waals surface area contributed by atoms with Crippen LogP contribution in [-0.2, 0) is 81.0 Å². The van der Waals surface area contributed by atoms with Gasteiger partial charge in [0.15, 0.2) is 0 Å². The standard InChI is InChI=1S/C52H61NO9S/c1-50(2,3)49-61-48(54)52(62-49,41-30-20-11-21-31-41)47(53-63(55)51(4,5)6)46-45(59-35-40-28-18-10-19-29-40)44(58-34-39-26-16-9-17-27-39)43(57-33-38-24-14-8-15-25-38)42(60-46)36-56-32-37-22-12-7-13-23-37/h7-31,42-47,49,53H,32-36H2,1-6H3/t42-,43-,44+,45-,46-,47+,49-,52-,63+/m1/s1.